The molecule has 0 spiro atoms. The molecule has 4 heteroatoms. The third-order valence-electron chi connectivity index (χ3n) is 1.85. The number of carbonyl (C=O) groups excluding carboxylic acids is 1. The fourth-order valence-electron chi connectivity index (χ4n) is 1.21. The van der Waals surface area contributed by atoms with Crippen LogP contribution in [0, 0.1) is 11.6 Å². The summed E-state index contributed by atoms with van der Waals surface area (Å²) in [5.74, 6) is -1.22. The molecule has 0 unspecified atom stereocenters. The molecule has 0 fully saturated rings. The van der Waals surface area contributed by atoms with E-state index in [9.17, 15) is 13.6 Å². The Morgan fingerprint density at radius 3 is 2.71 bits per heavy atom. The lowest BCUT2D eigenvalue weighted by molar-refractivity contribution is -0.107. The molecule has 0 aromatic heterocycles. The Labute approximate surface area is 80.5 Å². The fourth-order valence-corrected chi connectivity index (χ4v) is 1.21. The van der Waals surface area contributed by atoms with Crippen molar-refractivity contribution in [1.29, 1.82) is 0 Å². The van der Waals surface area contributed by atoms with Crippen LogP contribution in [0.1, 0.15) is 12.0 Å². The van der Waals surface area contributed by atoms with Gasteiger partial charge in [-0.1, -0.05) is 0 Å². The lowest BCUT2D eigenvalue weighted by atomic mass is 10.1. The van der Waals surface area contributed by atoms with Crippen LogP contribution in [0.5, 0.6) is 5.75 Å². The van der Waals surface area contributed by atoms with E-state index in [1.54, 1.807) is 0 Å². The Hall–Kier alpha value is -1.45. The van der Waals surface area contributed by atoms with Gasteiger partial charge in [-0.2, -0.15) is 0 Å². The Bertz CT molecular complexity index is 337. The Kier molecular flexibility index (Phi) is 3.56. The fraction of sp³-hybridized carbons (Fsp3) is 0.300. The molecule has 0 aliphatic heterocycles. The van der Waals surface area contributed by atoms with Gasteiger partial charge in [0, 0.05) is 24.1 Å². The highest BCUT2D eigenvalue weighted by atomic mass is 19.1. The highest BCUT2D eigenvalue weighted by Gasteiger charge is 2.11. The van der Waals surface area contributed by atoms with Crippen LogP contribution in [0.25, 0.3) is 0 Å². The molecule has 14 heavy (non-hydrogen) atoms. The van der Waals surface area contributed by atoms with Crippen molar-refractivity contribution in [2.45, 2.75) is 12.8 Å². The van der Waals surface area contributed by atoms with Gasteiger partial charge in [0.15, 0.2) is 0 Å². The summed E-state index contributed by atoms with van der Waals surface area (Å²) < 4.78 is 30.7. The molecule has 0 aliphatic rings. The first-order chi connectivity index (χ1) is 6.69. The number of carbonyl (C=O) groups is 1. The van der Waals surface area contributed by atoms with Gasteiger partial charge in [-0.15, -0.1) is 0 Å². The van der Waals surface area contributed by atoms with Gasteiger partial charge in [0.1, 0.15) is 23.7 Å². The maximum atomic E-state index is 13.2. The van der Waals surface area contributed by atoms with E-state index in [1.165, 1.54) is 7.11 Å². The average Bonchev–Trinajstić information content (AvgIpc) is 2.15. The number of ether oxygens (including phenoxy) is 1. The van der Waals surface area contributed by atoms with E-state index >= 15 is 0 Å². The maximum Gasteiger partial charge on any atom is 0.133 e. The number of benzene rings is 1. The van der Waals surface area contributed by atoms with Crippen molar-refractivity contribution in [3.8, 4) is 5.75 Å². The molecule has 0 saturated heterocycles. The smallest absolute Gasteiger partial charge is 0.133 e. The summed E-state index contributed by atoms with van der Waals surface area (Å²) in [6, 6.07) is 1.88. The lowest BCUT2D eigenvalue weighted by Gasteiger charge is -2.08. The Balaban J connectivity index is 3.04. The van der Waals surface area contributed by atoms with Gasteiger partial charge in [0.25, 0.3) is 0 Å². The summed E-state index contributed by atoms with van der Waals surface area (Å²) in [4.78, 5) is 10.1. The molecule has 1 aromatic rings. The van der Waals surface area contributed by atoms with Crippen LogP contribution in [0.3, 0.4) is 0 Å². The van der Waals surface area contributed by atoms with Crippen molar-refractivity contribution in [2.75, 3.05) is 7.11 Å². The van der Waals surface area contributed by atoms with Crippen molar-refractivity contribution in [1.82, 2.24) is 0 Å². The monoisotopic (exact) mass is 200 g/mol. The predicted molar refractivity (Wildman–Crippen MR) is 47.3 cm³/mol. The SMILES string of the molecule is COc1cc(F)cc(F)c1CCC=O. The second kappa shape index (κ2) is 4.69. The first-order valence-corrected chi connectivity index (χ1v) is 4.14. The Morgan fingerprint density at radius 2 is 2.14 bits per heavy atom. The van der Waals surface area contributed by atoms with E-state index in [4.69, 9.17) is 4.74 Å². The second-order valence-electron chi connectivity index (χ2n) is 2.77. The van der Waals surface area contributed by atoms with Crippen LogP contribution < -0.4 is 4.74 Å². The number of halogens is 2. The topological polar surface area (TPSA) is 26.3 Å². The predicted octanol–water partition coefficient (Wildman–Crippen LogP) is 2.10. The van der Waals surface area contributed by atoms with Crippen LogP contribution in [0.4, 0.5) is 8.78 Å². The summed E-state index contributed by atoms with van der Waals surface area (Å²) in [7, 11) is 1.33. The van der Waals surface area contributed by atoms with Gasteiger partial charge in [-0.25, -0.2) is 8.78 Å². The number of methoxy groups -OCH3 is 1. The van der Waals surface area contributed by atoms with Gasteiger partial charge < -0.3 is 9.53 Å². The zero-order valence-corrected chi connectivity index (χ0v) is 7.72. The lowest BCUT2D eigenvalue weighted by Crippen LogP contribution is -1.98. The third-order valence-corrected chi connectivity index (χ3v) is 1.85. The molecule has 0 bridgehead atoms. The minimum Gasteiger partial charge on any atom is -0.496 e. The molecule has 1 aromatic carbocycles. The van der Waals surface area contributed by atoms with Crippen LogP contribution in [0.15, 0.2) is 12.1 Å². The number of aldehydes is 1. The maximum absolute atomic E-state index is 13.2. The number of rotatable bonds is 4. The molecular formula is C10H10F2O2. The summed E-state index contributed by atoms with van der Waals surface area (Å²) in [6.45, 7) is 0. The van der Waals surface area contributed by atoms with Gasteiger partial charge in [0.2, 0.25) is 0 Å². The highest BCUT2D eigenvalue weighted by molar-refractivity contribution is 5.51. The molecule has 0 heterocycles. The van der Waals surface area contributed by atoms with Crippen molar-refractivity contribution >= 4 is 6.29 Å². The molecule has 0 radical (unpaired) electrons. The molecule has 0 amide bonds. The molecular weight excluding hydrogens is 190 g/mol. The Morgan fingerprint density at radius 1 is 1.43 bits per heavy atom. The number of hydrogen-bond acceptors (Lipinski definition) is 2. The summed E-state index contributed by atoms with van der Waals surface area (Å²) in [5, 5.41) is 0. The van der Waals surface area contributed by atoms with E-state index in [-0.39, 0.29) is 24.2 Å². The molecule has 76 valence electrons. The number of hydrogen-bond donors (Lipinski definition) is 0. The second-order valence-corrected chi connectivity index (χ2v) is 2.77. The first-order valence-electron chi connectivity index (χ1n) is 4.14. The molecule has 1 rings (SSSR count). The van der Waals surface area contributed by atoms with Crippen molar-refractivity contribution < 1.29 is 18.3 Å². The van der Waals surface area contributed by atoms with Crippen LogP contribution in [-0.4, -0.2) is 13.4 Å². The van der Waals surface area contributed by atoms with Gasteiger partial charge in [-0.3, -0.25) is 0 Å². The van der Waals surface area contributed by atoms with E-state index in [2.05, 4.69) is 0 Å². The minimum atomic E-state index is -0.686. The van der Waals surface area contributed by atoms with Gasteiger partial charge >= 0.3 is 0 Å². The van der Waals surface area contributed by atoms with Gasteiger partial charge in [-0.05, 0) is 6.42 Å². The van der Waals surface area contributed by atoms with Crippen molar-refractivity contribution in [2.24, 2.45) is 0 Å². The van der Waals surface area contributed by atoms with Crippen molar-refractivity contribution in [3.05, 3.63) is 29.3 Å². The summed E-state index contributed by atoms with van der Waals surface area (Å²) >= 11 is 0. The summed E-state index contributed by atoms with van der Waals surface area (Å²) in [5.41, 5.74) is 0.237. The normalized spacial score (nSPS) is 9.93. The standard InChI is InChI=1S/C10H10F2O2/c1-14-10-6-7(11)5-9(12)8(10)3-2-4-13/h4-6H,2-3H2,1H3. The highest BCUT2D eigenvalue weighted by Crippen LogP contribution is 2.24. The largest absolute Gasteiger partial charge is 0.496 e. The average molecular weight is 200 g/mol. The molecule has 0 atom stereocenters. The molecule has 0 aliphatic carbocycles. The third kappa shape index (κ3) is 2.28. The summed E-state index contributed by atoms with van der Waals surface area (Å²) in [6.07, 6.45) is 1.10. The van der Waals surface area contributed by atoms with Crippen molar-refractivity contribution in [3.63, 3.8) is 0 Å². The van der Waals surface area contributed by atoms with Gasteiger partial charge in [0.05, 0.1) is 7.11 Å². The van der Waals surface area contributed by atoms with E-state index < -0.39 is 11.6 Å². The zero-order chi connectivity index (χ0) is 10.6. The quantitative estimate of drug-likeness (QED) is 0.696. The molecule has 0 N–H and O–H groups in total. The molecule has 2 nitrogen and oxygen atoms in total. The zero-order valence-electron chi connectivity index (χ0n) is 7.72. The molecule has 0 saturated carbocycles. The van der Waals surface area contributed by atoms with Crippen LogP contribution in [0.2, 0.25) is 0 Å². The van der Waals surface area contributed by atoms with Crippen LogP contribution >= 0.6 is 0 Å². The minimum absolute atomic E-state index is 0.143. The first kappa shape index (κ1) is 10.6. The van der Waals surface area contributed by atoms with E-state index in [1.807, 2.05) is 0 Å². The van der Waals surface area contributed by atoms with Crippen LogP contribution in [-0.2, 0) is 11.2 Å². The van der Waals surface area contributed by atoms with E-state index in [0.29, 0.717) is 6.29 Å². The van der Waals surface area contributed by atoms with E-state index in [0.717, 1.165) is 12.1 Å².